The number of benzene rings is 2. The van der Waals surface area contributed by atoms with Crippen LogP contribution in [0.15, 0.2) is 48.5 Å². The van der Waals surface area contributed by atoms with Gasteiger partial charge in [-0.3, -0.25) is 9.59 Å². The lowest BCUT2D eigenvalue weighted by Crippen LogP contribution is -2.53. The number of rotatable bonds is 11. The van der Waals surface area contributed by atoms with E-state index in [9.17, 15) is 19.5 Å². The summed E-state index contributed by atoms with van der Waals surface area (Å²) in [6, 6.07) is 15.0. The lowest BCUT2D eigenvalue weighted by Gasteiger charge is -2.34. The topological polar surface area (TPSA) is 105 Å². The summed E-state index contributed by atoms with van der Waals surface area (Å²) >= 11 is 1.58. The Morgan fingerprint density at radius 3 is 2.20 bits per heavy atom. The standard InChI is InChI=1S/C27H32N2O5S/c1-35-14-13-23(26(32)28-24(15-25(30)31)17-7-6-8-17)29-27(33)34-16-22-20-11-4-2-9-18(20)19-10-3-5-12-21(19)22/h2-5,9-12,17,22-24H,6-8,13-16H2,1H3,(H,28,32)(H,29,33)(H,30,31)/t23-,24?/m0/s1. The van der Waals surface area contributed by atoms with Gasteiger partial charge >= 0.3 is 12.1 Å². The van der Waals surface area contributed by atoms with Crippen LogP contribution in [0.4, 0.5) is 4.79 Å². The minimum absolute atomic E-state index is 0.0646. The highest BCUT2D eigenvalue weighted by Crippen LogP contribution is 2.44. The molecule has 0 aliphatic heterocycles. The Kier molecular flexibility index (Phi) is 8.33. The number of ether oxygens (including phenoxy) is 1. The van der Waals surface area contributed by atoms with Crippen molar-refractivity contribution in [3.05, 3.63) is 59.7 Å². The molecule has 0 bridgehead atoms. The van der Waals surface area contributed by atoms with E-state index in [1.165, 1.54) is 0 Å². The van der Waals surface area contributed by atoms with E-state index in [2.05, 4.69) is 34.9 Å². The van der Waals surface area contributed by atoms with E-state index in [0.717, 1.165) is 41.5 Å². The maximum absolute atomic E-state index is 13.0. The van der Waals surface area contributed by atoms with Crippen molar-refractivity contribution in [2.45, 2.75) is 50.1 Å². The summed E-state index contributed by atoms with van der Waals surface area (Å²) < 4.78 is 5.62. The van der Waals surface area contributed by atoms with Gasteiger partial charge in [0.15, 0.2) is 0 Å². The number of carboxylic acid groups (broad SMARTS) is 1. The van der Waals surface area contributed by atoms with Gasteiger partial charge in [-0.1, -0.05) is 55.0 Å². The largest absolute Gasteiger partial charge is 0.481 e. The van der Waals surface area contributed by atoms with E-state index >= 15 is 0 Å². The average Bonchev–Trinajstić information content (AvgIpc) is 3.12. The number of carbonyl (C=O) groups is 3. The van der Waals surface area contributed by atoms with Crippen LogP contribution in [0.1, 0.15) is 49.1 Å². The van der Waals surface area contributed by atoms with Crippen LogP contribution in [0.3, 0.4) is 0 Å². The Morgan fingerprint density at radius 2 is 1.66 bits per heavy atom. The molecular formula is C27H32N2O5S. The van der Waals surface area contributed by atoms with Crippen LogP contribution >= 0.6 is 11.8 Å². The van der Waals surface area contributed by atoms with Crippen LogP contribution in [-0.2, 0) is 14.3 Å². The number of amides is 2. The predicted molar refractivity (Wildman–Crippen MR) is 137 cm³/mol. The summed E-state index contributed by atoms with van der Waals surface area (Å²) in [7, 11) is 0. The van der Waals surface area contributed by atoms with E-state index in [-0.39, 0.29) is 30.8 Å². The Hall–Kier alpha value is -3.00. The second-order valence-electron chi connectivity index (χ2n) is 9.21. The molecule has 186 valence electrons. The van der Waals surface area contributed by atoms with Crippen molar-refractivity contribution < 1.29 is 24.2 Å². The molecular weight excluding hydrogens is 464 g/mol. The number of alkyl carbamates (subject to hydrolysis) is 1. The number of fused-ring (bicyclic) bond motifs is 3. The molecule has 8 heteroatoms. The second kappa shape index (κ2) is 11.6. The zero-order valence-electron chi connectivity index (χ0n) is 19.9. The van der Waals surface area contributed by atoms with Gasteiger partial charge in [-0.05, 0) is 59.4 Å². The maximum atomic E-state index is 13.0. The number of carbonyl (C=O) groups excluding carboxylic acids is 2. The fourth-order valence-electron chi connectivity index (χ4n) is 4.94. The molecule has 0 aromatic heterocycles. The van der Waals surface area contributed by atoms with Crippen LogP contribution < -0.4 is 10.6 Å². The zero-order valence-corrected chi connectivity index (χ0v) is 20.7. The quantitative estimate of drug-likeness (QED) is 0.426. The molecule has 2 aliphatic carbocycles. The van der Waals surface area contributed by atoms with Crippen molar-refractivity contribution in [1.82, 2.24) is 10.6 Å². The van der Waals surface area contributed by atoms with Crippen LogP contribution in [0, 0.1) is 5.92 Å². The summed E-state index contributed by atoms with van der Waals surface area (Å²) in [6.45, 7) is 0.167. The van der Waals surface area contributed by atoms with Gasteiger partial charge < -0.3 is 20.5 Å². The van der Waals surface area contributed by atoms with Gasteiger partial charge in [-0.15, -0.1) is 0 Å². The number of hydrogen-bond acceptors (Lipinski definition) is 5. The predicted octanol–water partition coefficient (Wildman–Crippen LogP) is 4.41. The molecule has 0 saturated heterocycles. The third-order valence-electron chi connectivity index (χ3n) is 7.00. The number of aliphatic carboxylic acids is 1. The summed E-state index contributed by atoms with van der Waals surface area (Å²) in [5, 5.41) is 14.9. The fourth-order valence-corrected chi connectivity index (χ4v) is 5.41. The van der Waals surface area contributed by atoms with Gasteiger partial charge in [0.25, 0.3) is 0 Å². The van der Waals surface area contributed by atoms with Gasteiger partial charge in [0.1, 0.15) is 12.6 Å². The van der Waals surface area contributed by atoms with Crippen LogP contribution in [-0.4, -0.2) is 53.8 Å². The Balaban J connectivity index is 1.39. The van der Waals surface area contributed by atoms with Crippen molar-refractivity contribution >= 4 is 29.7 Å². The molecule has 2 aliphatic rings. The Morgan fingerprint density at radius 1 is 1.03 bits per heavy atom. The smallest absolute Gasteiger partial charge is 0.407 e. The normalized spacial score (nSPS) is 16.4. The molecule has 7 nitrogen and oxygen atoms in total. The molecule has 2 atom stereocenters. The van der Waals surface area contributed by atoms with Gasteiger partial charge in [0, 0.05) is 12.0 Å². The first-order valence-corrected chi connectivity index (χ1v) is 13.5. The van der Waals surface area contributed by atoms with Gasteiger partial charge in [-0.2, -0.15) is 11.8 Å². The van der Waals surface area contributed by atoms with E-state index in [1.54, 1.807) is 11.8 Å². The SMILES string of the molecule is CSCC[C@H](NC(=O)OCC1c2ccccc2-c2ccccc21)C(=O)NC(CC(=O)O)C1CCC1. The van der Waals surface area contributed by atoms with Crippen molar-refractivity contribution in [2.24, 2.45) is 5.92 Å². The molecule has 1 unspecified atom stereocenters. The van der Waals surface area contributed by atoms with Gasteiger partial charge in [-0.25, -0.2) is 4.79 Å². The van der Waals surface area contributed by atoms with Crippen molar-refractivity contribution in [2.75, 3.05) is 18.6 Å². The lowest BCUT2D eigenvalue weighted by atomic mass is 9.78. The Bertz CT molecular complexity index is 1030. The number of thioether (sulfide) groups is 1. The zero-order chi connectivity index (χ0) is 24.8. The Labute approximate surface area is 210 Å². The van der Waals surface area contributed by atoms with E-state index in [1.807, 2.05) is 30.5 Å². The number of nitrogens with one attached hydrogen (secondary N) is 2. The molecule has 4 rings (SSSR count). The highest BCUT2D eigenvalue weighted by Gasteiger charge is 2.33. The van der Waals surface area contributed by atoms with E-state index < -0.39 is 24.1 Å². The summed E-state index contributed by atoms with van der Waals surface area (Å²) in [4.78, 5) is 37.1. The fraction of sp³-hybridized carbons (Fsp3) is 0.444. The van der Waals surface area contributed by atoms with Crippen LogP contribution in [0.2, 0.25) is 0 Å². The minimum atomic E-state index is -0.938. The third-order valence-corrected chi connectivity index (χ3v) is 7.65. The van der Waals surface area contributed by atoms with E-state index in [4.69, 9.17) is 4.74 Å². The monoisotopic (exact) mass is 496 g/mol. The molecule has 1 saturated carbocycles. The molecule has 0 radical (unpaired) electrons. The highest BCUT2D eigenvalue weighted by atomic mass is 32.2. The number of hydrogen-bond donors (Lipinski definition) is 3. The molecule has 2 aromatic carbocycles. The molecule has 0 spiro atoms. The van der Waals surface area contributed by atoms with Crippen LogP contribution in [0.25, 0.3) is 11.1 Å². The first kappa shape index (κ1) is 25.1. The third kappa shape index (κ3) is 5.99. The molecule has 3 N–H and O–H groups in total. The van der Waals surface area contributed by atoms with Gasteiger partial charge in [0.2, 0.25) is 5.91 Å². The average molecular weight is 497 g/mol. The number of carboxylic acids is 1. The van der Waals surface area contributed by atoms with Gasteiger partial charge in [0.05, 0.1) is 6.42 Å². The summed E-state index contributed by atoms with van der Waals surface area (Å²) in [5.74, 6) is -0.511. The van der Waals surface area contributed by atoms with Crippen LogP contribution in [0.5, 0.6) is 0 Å². The first-order chi connectivity index (χ1) is 17.0. The second-order valence-corrected chi connectivity index (χ2v) is 10.2. The highest BCUT2D eigenvalue weighted by molar-refractivity contribution is 7.98. The first-order valence-electron chi connectivity index (χ1n) is 12.1. The van der Waals surface area contributed by atoms with Crippen molar-refractivity contribution in [1.29, 1.82) is 0 Å². The maximum Gasteiger partial charge on any atom is 0.407 e. The summed E-state index contributed by atoms with van der Waals surface area (Å²) in [6.07, 6.45) is 4.47. The molecule has 2 aromatic rings. The molecule has 1 fully saturated rings. The lowest BCUT2D eigenvalue weighted by molar-refractivity contribution is -0.138. The molecule has 35 heavy (non-hydrogen) atoms. The van der Waals surface area contributed by atoms with Crippen molar-refractivity contribution in [3.63, 3.8) is 0 Å². The van der Waals surface area contributed by atoms with Crippen molar-refractivity contribution in [3.8, 4) is 11.1 Å². The molecule has 0 heterocycles. The molecule has 2 amide bonds. The summed E-state index contributed by atoms with van der Waals surface area (Å²) in [5.41, 5.74) is 4.54. The van der Waals surface area contributed by atoms with E-state index in [0.29, 0.717) is 12.2 Å². The minimum Gasteiger partial charge on any atom is -0.481 e.